The van der Waals surface area contributed by atoms with E-state index in [1.165, 1.54) is 4.68 Å². The summed E-state index contributed by atoms with van der Waals surface area (Å²) in [4.78, 5) is 11.7. The van der Waals surface area contributed by atoms with Crippen LogP contribution in [0.3, 0.4) is 0 Å². The van der Waals surface area contributed by atoms with Crippen molar-refractivity contribution < 1.29 is 9.53 Å². The number of aryl methyl sites for hydroxylation is 1. The summed E-state index contributed by atoms with van der Waals surface area (Å²) in [7, 11) is 1.72. The minimum absolute atomic E-state index is 0.170. The average Bonchev–Trinajstić information content (AvgIpc) is 2.81. The molecule has 0 aliphatic carbocycles. The van der Waals surface area contributed by atoms with Crippen LogP contribution in [-0.4, -0.2) is 28.8 Å². The first-order valence-corrected chi connectivity index (χ1v) is 5.91. The number of nitrogens with one attached hydrogen (secondary N) is 1. The van der Waals surface area contributed by atoms with Crippen LogP contribution in [0.2, 0.25) is 0 Å². The molecule has 0 saturated carbocycles. The van der Waals surface area contributed by atoms with Gasteiger partial charge in [0, 0.05) is 25.0 Å². The molecule has 0 spiro atoms. The highest BCUT2D eigenvalue weighted by atomic mass is 16.5. The molecule has 100 valence electrons. The first-order valence-electron chi connectivity index (χ1n) is 5.91. The fraction of sp³-hybridized carbons (Fsp3) is 0.231. The van der Waals surface area contributed by atoms with Crippen molar-refractivity contribution in [2.75, 3.05) is 18.9 Å². The molecule has 0 radical (unpaired) electrons. The van der Waals surface area contributed by atoms with Gasteiger partial charge in [0.2, 0.25) is 0 Å². The van der Waals surface area contributed by atoms with Crippen molar-refractivity contribution in [2.24, 2.45) is 7.05 Å². The lowest BCUT2D eigenvalue weighted by Gasteiger charge is -2.08. The molecular formula is C13H16N4O2. The van der Waals surface area contributed by atoms with Crippen LogP contribution in [0.25, 0.3) is 0 Å². The molecule has 0 atom stereocenters. The number of nitrogen functional groups attached to an aromatic ring is 1. The molecule has 2 rings (SSSR count). The van der Waals surface area contributed by atoms with Crippen molar-refractivity contribution in [2.45, 2.75) is 0 Å². The Morgan fingerprint density at radius 1 is 1.47 bits per heavy atom. The van der Waals surface area contributed by atoms with Gasteiger partial charge in [0.05, 0.1) is 6.54 Å². The Balaban J connectivity index is 1.75. The predicted octanol–water partition coefficient (Wildman–Crippen LogP) is 0.811. The number of rotatable bonds is 5. The van der Waals surface area contributed by atoms with Crippen molar-refractivity contribution in [3.8, 4) is 5.75 Å². The van der Waals surface area contributed by atoms with E-state index in [9.17, 15) is 4.79 Å². The zero-order chi connectivity index (χ0) is 13.7. The van der Waals surface area contributed by atoms with Gasteiger partial charge in [-0.2, -0.15) is 5.10 Å². The number of benzene rings is 1. The van der Waals surface area contributed by atoms with Crippen molar-refractivity contribution in [1.82, 2.24) is 15.1 Å². The van der Waals surface area contributed by atoms with E-state index in [2.05, 4.69) is 10.4 Å². The number of ether oxygens (including phenoxy) is 1. The maximum Gasteiger partial charge on any atom is 0.269 e. The van der Waals surface area contributed by atoms with Gasteiger partial charge >= 0.3 is 0 Å². The van der Waals surface area contributed by atoms with Gasteiger partial charge < -0.3 is 15.8 Å². The smallest absolute Gasteiger partial charge is 0.269 e. The summed E-state index contributed by atoms with van der Waals surface area (Å²) in [6, 6.07) is 8.83. The minimum Gasteiger partial charge on any atom is -0.492 e. The fourth-order valence-corrected chi connectivity index (χ4v) is 1.62. The van der Waals surface area contributed by atoms with Gasteiger partial charge in [-0.15, -0.1) is 0 Å². The lowest BCUT2D eigenvalue weighted by atomic mass is 10.3. The molecule has 6 heteroatoms. The number of carbonyl (C=O) groups is 1. The van der Waals surface area contributed by atoms with Crippen molar-refractivity contribution in [1.29, 1.82) is 0 Å². The van der Waals surface area contributed by atoms with Crippen LogP contribution in [0, 0.1) is 0 Å². The third kappa shape index (κ3) is 3.48. The molecule has 1 aromatic carbocycles. The van der Waals surface area contributed by atoms with Gasteiger partial charge in [-0.25, -0.2) is 0 Å². The Hall–Kier alpha value is -2.50. The van der Waals surface area contributed by atoms with Gasteiger partial charge in [-0.3, -0.25) is 9.48 Å². The van der Waals surface area contributed by atoms with Gasteiger partial charge in [0.15, 0.2) is 0 Å². The number of aromatic nitrogens is 2. The molecule has 1 amide bonds. The maximum absolute atomic E-state index is 11.7. The molecule has 3 N–H and O–H groups in total. The Morgan fingerprint density at radius 2 is 2.32 bits per heavy atom. The van der Waals surface area contributed by atoms with Crippen molar-refractivity contribution in [3.05, 3.63) is 42.2 Å². The highest BCUT2D eigenvalue weighted by molar-refractivity contribution is 5.92. The second-order valence-electron chi connectivity index (χ2n) is 4.02. The average molecular weight is 260 g/mol. The number of amides is 1. The van der Waals surface area contributed by atoms with E-state index in [0.29, 0.717) is 30.3 Å². The van der Waals surface area contributed by atoms with Crippen LogP contribution in [0.1, 0.15) is 10.5 Å². The molecule has 1 heterocycles. The molecule has 0 unspecified atom stereocenters. The summed E-state index contributed by atoms with van der Waals surface area (Å²) in [5, 5.41) is 6.69. The molecule has 0 fully saturated rings. The predicted molar refractivity (Wildman–Crippen MR) is 71.9 cm³/mol. The zero-order valence-corrected chi connectivity index (χ0v) is 10.7. The Kier molecular flexibility index (Phi) is 4.02. The zero-order valence-electron chi connectivity index (χ0n) is 10.7. The summed E-state index contributed by atoms with van der Waals surface area (Å²) in [5.74, 6) is 0.519. The van der Waals surface area contributed by atoms with E-state index in [4.69, 9.17) is 10.5 Å². The summed E-state index contributed by atoms with van der Waals surface area (Å²) >= 11 is 0. The van der Waals surface area contributed by atoms with Crippen LogP contribution >= 0.6 is 0 Å². The molecule has 19 heavy (non-hydrogen) atoms. The topological polar surface area (TPSA) is 82.2 Å². The number of anilines is 1. The highest BCUT2D eigenvalue weighted by Gasteiger charge is 2.08. The molecule has 0 bridgehead atoms. The molecule has 2 aromatic rings. The fourth-order valence-electron chi connectivity index (χ4n) is 1.62. The van der Waals surface area contributed by atoms with Crippen LogP contribution in [0.4, 0.5) is 5.69 Å². The van der Waals surface area contributed by atoms with Gasteiger partial charge in [-0.1, -0.05) is 6.07 Å². The largest absolute Gasteiger partial charge is 0.492 e. The van der Waals surface area contributed by atoms with Crippen molar-refractivity contribution in [3.63, 3.8) is 0 Å². The number of carbonyl (C=O) groups excluding carboxylic acids is 1. The van der Waals surface area contributed by atoms with Crippen molar-refractivity contribution >= 4 is 11.6 Å². The number of hydrogen-bond acceptors (Lipinski definition) is 4. The van der Waals surface area contributed by atoms with Crippen LogP contribution < -0.4 is 15.8 Å². The summed E-state index contributed by atoms with van der Waals surface area (Å²) in [5.41, 5.74) is 6.80. The van der Waals surface area contributed by atoms with E-state index in [0.717, 1.165) is 0 Å². The highest BCUT2D eigenvalue weighted by Crippen LogP contribution is 2.13. The minimum atomic E-state index is -0.170. The number of nitrogens with zero attached hydrogens (tertiary/aromatic N) is 2. The Morgan fingerprint density at radius 3 is 3.00 bits per heavy atom. The number of hydrogen-bond donors (Lipinski definition) is 2. The van der Waals surface area contributed by atoms with E-state index in [-0.39, 0.29) is 5.91 Å². The van der Waals surface area contributed by atoms with E-state index in [1.807, 2.05) is 12.1 Å². The van der Waals surface area contributed by atoms with Crippen LogP contribution in [-0.2, 0) is 7.05 Å². The Labute approximate surface area is 111 Å². The third-order valence-corrected chi connectivity index (χ3v) is 2.57. The lowest BCUT2D eigenvalue weighted by molar-refractivity contribution is 0.0937. The van der Waals surface area contributed by atoms with E-state index >= 15 is 0 Å². The maximum atomic E-state index is 11.7. The van der Waals surface area contributed by atoms with Gasteiger partial charge in [0.1, 0.15) is 18.1 Å². The molecule has 0 saturated heterocycles. The van der Waals surface area contributed by atoms with Crippen LogP contribution in [0.5, 0.6) is 5.75 Å². The number of nitrogens with two attached hydrogens (primary N) is 1. The SMILES string of the molecule is Cn1nccc1C(=O)NCCOc1cccc(N)c1. The molecule has 0 aliphatic rings. The molecule has 0 aliphatic heterocycles. The standard InChI is InChI=1S/C13H16N4O2/c1-17-12(5-6-16-17)13(18)15-7-8-19-11-4-2-3-10(14)9-11/h2-6,9H,7-8,14H2,1H3,(H,15,18). The first kappa shape index (κ1) is 12.9. The Bertz CT molecular complexity index is 565. The summed E-state index contributed by atoms with van der Waals surface area (Å²) in [6.07, 6.45) is 1.58. The molecule has 6 nitrogen and oxygen atoms in total. The molecular weight excluding hydrogens is 244 g/mol. The second kappa shape index (κ2) is 5.90. The summed E-state index contributed by atoms with van der Waals surface area (Å²) in [6.45, 7) is 0.797. The van der Waals surface area contributed by atoms with E-state index < -0.39 is 0 Å². The van der Waals surface area contributed by atoms with Gasteiger partial charge in [-0.05, 0) is 18.2 Å². The molecule has 1 aromatic heterocycles. The van der Waals surface area contributed by atoms with Gasteiger partial charge in [0.25, 0.3) is 5.91 Å². The monoisotopic (exact) mass is 260 g/mol. The third-order valence-electron chi connectivity index (χ3n) is 2.57. The summed E-state index contributed by atoms with van der Waals surface area (Å²) < 4.78 is 6.99. The first-order chi connectivity index (χ1) is 9.16. The second-order valence-corrected chi connectivity index (χ2v) is 4.02. The lowest BCUT2D eigenvalue weighted by Crippen LogP contribution is -2.29. The normalized spacial score (nSPS) is 10.2. The quantitative estimate of drug-likeness (QED) is 0.615. The van der Waals surface area contributed by atoms with E-state index in [1.54, 1.807) is 31.4 Å². The van der Waals surface area contributed by atoms with Crippen LogP contribution in [0.15, 0.2) is 36.5 Å².